The second kappa shape index (κ2) is 8.05. The lowest BCUT2D eigenvalue weighted by atomic mass is 9.96. The molecule has 1 atom stereocenters. The van der Waals surface area contributed by atoms with Gasteiger partial charge in [-0.25, -0.2) is 4.79 Å². The van der Waals surface area contributed by atoms with E-state index in [9.17, 15) is 9.59 Å². The van der Waals surface area contributed by atoms with Gasteiger partial charge in [0.05, 0.1) is 19.3 Å². The molecule has 5 heteroatoms. The van der Waals surface area contributed by atoms with E-state index in [4.69, 9.17) is 10.00 Å². The first-order valence-electron chi connectivity index (χ1n) is 6.82. The Hall–Kier alpha value is -2.35. The number of benzene rings is 1. The first-order valence-corrected chi connectivity index (χ1v) is 6.82. The summed E-state index contributed by atoms with van der Waals surface area (Å²) in [7, 11) is 0. The molecule has 0 aliphatic rings. The van der Waals surface area contributed by atoms with Crippen molar-refractivity contribution in [3.8, 4) is 11.8 Å². The number of nitriles is 1. The van der Waals surface area contributed by atoms with Gasteiger partial charge in [-0.15, -0.1) is 0 Å². The number of rotatable bonds is 7. The SMILES string of the molecule is CCOC(=O)C(=O)[C@@H](C#N)c1ccc(OCC(C)C)cc1. The monoisotopic (exact) mass is 289 g/mol. The normalized spacial score (nSPS) is 11.6. The molecule has 0 saturated heterocycles. The Kier molecular flexibility index (Phi) is 6.41. The maximum absolute atomic E-state index is 11.8. The molecule has 0 fully saturated rings. The molecule has 0 unspecified atom stereocenters. The maximum Gasteiger partial charge on any atom is 0.376 e. The van der Waals surface area contributed by atoms with E-state index in [1.54, 1.807) is 31.2 Å². The maximum atomic E-state index is 11.8. The van der Waals surface area contributed by atoms with Crippen molar-refractivity contribution >= 4 is 11.8 Å². The predicted molar refractivity (Wildman–Crippen MR) is 76.8 cm³/mol. The van der Waals surface area contributed by atoms with E-state index in [-0.39, 0.29) is 6.61 Å². The van der Waals surface area contributed by atoms with Crippen LogP contribution >= 0.6 is 0 Å². The van der Waals surface area contributed by atoms with Crippen molar-refractivity contribution in [2.24, 2.45) is 5.92 Å². The third-order valence-electron chi connectivity index (χ3n) is 2.66. The summed E-state index contributed by atoms with van der Waals surface area (Å²) in [4.78, 5) is 23.2. The van der Waals surface area contributed by atoms with Crippen LogP contribution in [0.15, 0.2) is 24.3 Å². The van der Waals surface area contributed by atoms with Gasteiger partial charge in [0, 0.05) is 0 Å². The standard InChI is InChI=1S/C16H19NO4/c1-4-20-16(19)15(18)14(9-17)12-5-7-13(8-6-12)21-10-11(2)3/h5-8,11,14H,4,10H2,1-3H3/t14-/m0/s1. The molecule has 0 amide bonds. The molecule has 0 saturated carbocycles. The van der Waals surface area contributed by atoms with Gasteiger partial charge in [0.15, 0.2) is 0 Å². The number of nitrogens with zero attached hydrogens (tertiary/aromatic N) is 1. The molecule has 0 bridgehead atoms. The van der Waals surface area contributed by atoms with Crippen molar-refractivity contribution in [3.63, 3.8) is 0 Å². The summed E-state index contributed by atoms with van der Waals surface area (Å²) in [5.41, 5.74) is 0.451. The van der Waals surface area contributed by atoms with Crippen molar-refractivity contribution in [3.05, 3.63) is 29.8 Å². The van der Waals surface area contributed by atoms with E-state index in [1.165, 1.54) is 0 Å². The first-order chi connectivity index (χ1) is 9.99. The van der Waals surface area contributed by atoms with Crippen LogP contribution in [0, 0.1) is 17.2 Å². The molecule has 1 aromatic rings. The van der Waals surface area contributed by atoms with Crippen molar-refractivity contribution in [2.75, 3.05) is 13.2 Å². The number of esters is 1. The molecular weight excluding hydrogens is 270 g/mol. The average Bonchev–Trinajstić information content (AvgIpc) is 2.47. The lowest BCUT2D eigenvalue weighted by Gasteiger charge is -2.11. The summed E-state index contributed by atoms with van der Waals surface area (Å²) in [5, 5.41) is 9.10. The summed E-state index contributed by atoms with van der Waals surface area (Å²) in [6, 6.07) is 8.42. The van der Waals surface area contributed by atoms with Crippen LogP contribution in [-0.2, 0) is 14.3 Å². The third-order valence-corrected chi connectivity index (χ3v) is 2.66. The second-order valence-electron chi connectivity index (χ2n) is 4.92. The summed E-state index contributed by atoms with van der Waals surface area (Å²) in [5.74, 6) is -1.92. The van der Waals surface area contributed by atoms with Gasteiger partial charge in [0.1, 0.15) is 11.7 Å². The summed E-state index contributed by atoms with van der Waals surface area (Å²) < 4.78 is 10.2. The van der Waals surface area contributed by atoms with Crippen molar-refractivity contribution in [1.82, 2.24) is 0 Å². The fourth-order valence-electron chi connectivity index (χ4n) is 1.62. The Morgan fingerprint density at radius 2 is 1.86 bits per heavy atom. The topological polar surface area (TPSA) is 76.4 Å². The first kappa shape index (κ1) is 16.7. The Labute approximate surface area is 124 Å². The average molecular weight is 289 g/mol. The Morgan fingerprint density at radius 1 is 1.24 bits per heavy atom. The zero-order valence-electron chi connectivity index (χ0n) is 12.5. The minimum absolute atomic E-state index is 0.102. The van der Waals surface area contributed by atoms with E-state index < -0.39 is 17.7 Å². The molecule has 0 aromatic heterocycles. The van der Waals surface area contributed by atoms with Gasteiger partial charge < -0.3 is 9.47 Å². The second-order valence-corrected chi connectivity index (χ2v) is 4.92. The van der Waals surface area contributed by atoms with Crippen LogP contribution in [0.25, 0.3) is 0 Å². The largest absolute Gasteiger partial charge is 0.493 e. The smallest absolute Gasteiger partial charge is 0.376 e. The van der Waals surface area contributed by atoms with E-state index in [2.05, 4.69) is 4.74 Å². The molecule has 21 heavy (non-hydrogen) atoms. The molecule has 0 spiro atoms. The fourth-order valence-corrected chi connectivity index (χ4v) is 1.62. The van der Waals surface area contributed by atoms with Crippen LogP contribution in [0.4, 0.5) is 0 Å². The molecular formula is C16H19NO4. The van der Waals surface area contributed by atoms with Gasteiger partial charge in [-0.3, -0.25) is 4.79 Å². The molecule has 5 nitrogen and oxygen atoms in total. The number of carbonyl (C=O) groups is 2. The van der Waals surface area contributed by atoms with E-state index in [0.717, 1.165) is 0 Å². The molecule has 0 radical (unpaired) electrons. The highest BCUT2D eigenvalue weighted by Gasteiger charge is 2.27. The van der Waals surface area contributed by atoms with Gasteiger partial charge in [0.25, 0.3) is 5.78 Å². The molecule has 1 aromatic carbocycles. The van der Waals surface area contributed by atoms with Gasteiger partial charge >= 0.3 is 5.97 Å². The van der Waals surface area contributed by atoms with Crippen molar-refractivity contribution in [2.45, 2.75) is 26.7 Å². The van der Waals surface area contributed by atoms with Gasteiger partial charge in [-0.05, 0) is 30.5 Å². The van der Waals surface area contributed by atoms with Gasteiger partial charge in [0.2, 0.25) is 0 Å². The highest BCUT2D eigenvalue weighted by atomic mass is 16.5. The molecule has 0 aliphatic carbocycles. The van der Waals surface area contributed by atoms with Crippen LogP contribution in [0.3, 0.4) is 0 Å². The molecule has 0 aliphatic heterocycles. The van der Waals surface area contributed by atoms with Crippen LogP contribution in [0.1, 0.15) is 32.3 Å². The highest BCUT2D eigenvalue weighted by molar-refractivity contribution is 6.36. The van der Waals surface area contributed by atoms with Crippen LogP contribution in [-0.4, -0.2) is 25.0 Å². The number of Topliss-reactive ketones (excluding diaryl/α,β-unsaturated/α-hetero) is 1. The number of hydrogen-bond donors (Lipinski definition) is 0. The minimum Gasteiger partial charge on any atom is -0.493 e. The fraction of sp³-hybridized carbons (Fsp3) is 0.438. The van der Waals surface area contributed by atoms with Crippen molar-refractivity contribution in [1.29, 1.82) is 5.26 Å². The Morgan fingerprint density at radius 3 is 2.33 bits per heavy atom. The zero-order chi connectivity index (χ0) is 15.8. The Balaban J connectivity index is 2.81. The number of hydrogen-bond acceptors (Lipinski definition) is 5. The zero-order valence-corrected chi connectivity index (χ0v) is 12.5. The quantitative estimate of drug-likeness (QED) is 0.569. The van der Waals surface area contributed by atoms with Gasteiger partial charge in [-0.2, -0.15) is 5.26 Å². The molecule has 1 rings (SSSR count). The highest BCUT2D eigenvalue weighted by Crippen LogP contribution is 2.21. The number of ether oxygens (including phenoxy) is 2. The van der Waals surface area contributed by atoms with Crippen LogP contribution < -0.4 is 4.74 Å². The van der Waals surface area contributed by atoms with Gasteiger partial charge in [-0.1, -0.05) is 26.0 Å². The third kappa shape index (κ3) is 4.92. The molecule has 0 N–H and O–H groups in total. The predicted octanol–water partition coefficient (Wildman–Crippen LogP) is 2.46. The lowest BCUT2D eigenvalue weighted by Crippen LogP contribution is -2.23. The summed E-state index contributed by atoms with van der Waals surface area (Å²) >= 11 is 0. The molecule has 0 heterocycles. The van der Waals surface area contributed by atoms with E-state index in [1.807, 2.05) is 19.9 Å². The van der Waals surface area contributed by atoms with Crippen LogP contribution in [0.2, 0.25) is 0 Å². The minimum atomic E-state index is -1.15. The summed E-state index contributed by atoms with van der Waals surface area (Å²) in [6.45, 7) is 6.37. The van der Waals surface area contributed by atoms with E-state index in [0.29, 0.717) is 23.8 Å². The summed E-state index contributed by atoms with van der Waals surface area (Å²) in [6.07, 6.45) is 0. The lowest BCUT2D eigenvalue weighted by molar-refractivity contribution is -0.153. The van der Waals surface area contributed by atoms with E-state index >= 15 is 0 Å². The van der Waals surface area contributed by atoms with Crippen molar-refractivity contribution < 1.29 is 19.1 Å². The molecule has 112 valence electrons. The Bertz CT molecular complexity index is 528. The van der Waals surface area contributed by atoms with Crippen LogP contribution in [0.5, 0.6) is 5.75 Å². The number of carbonyl (C=O) groups excluding carboxylic acids is 2. The number of ketones is 1.